The van der Waals surface area contributed by atoms with Crippen molar-refractivity contribution in [1.29, 1.82) is 0 Å². The molecule has 0 aromatic heterocycles. The zero-order valence-corrected chi connectivity index (χ0v) is 14.3. The summed E-state index contributed by atoms with van der Waals surface area (Å²) >= 11 is 5.86. The van der Waals surface area contributed by atoms with Crippen LogP contribution in [-0.2, 0) is 9.53 Å². The third-order valence-corrected chi connectivity index (χ3v) is 3.98. The SMILES string of the molecule is Cc1cccc(C(=O)O[C@@H](C)C(=O)Nc2ccc(F)cc2Cl)c1C. The molecule has 126 valence electrons. The molecule has 2 aromatic rings. The maximum absolute atomic E-state index is 13.0. The Balaban J connectivity index is 2.06. The molecule has 4 nitrogen and oxygen atoms in total. The van der Waals surface area contributed by atoms with Crippen LogP contribution in [0.2, 0.25) is 5.02 Å². The molecule has 1 atom stereocenters. The van der Waals surface area contributed by atoms with E-state index in [0.717, 1.165) is 17.2 Å². The fourth-order valence-corrected chi connectivity index (χ4v) is 2.29. The highest BCUT2D eigenvalue weighted by molar-refractivity contribution is 6.33. The van der Waals surface area contributed by atoms with Crippen molar-refractivity contribution in [3.63, 3.8) is 0 Å². The first kappa shape index (κ1) is 17.9. The minimum Gasteiger partial charge on any atom is -0.449 e. The molecule has 0 aliphatic carbocycles. The van der Waals surface area contributed by atoms with Crippen molar-refractivity contribution in [2.45, 2.75) is 26.9 Å². The lowest BCUT2D eigenvalue weighted by Crippen LogP contribution is -2.30. The van der Waals surface area contributed by atoms with Gasteiger partial charge in [-0.3, -0.25) is 4.79 Å². The number of ether oxygens (including phenoxy) is 1. The lowest BCUT2D eigenvalue weighted by Gasteiger charge is -2.15. The highest BCUT2D eigenvalue weighted by atomic mass is 35.5. The lowest BCUT2D eigenvalue weighted by molar-refractivity contribution is -0.123. The maximum atomic E-state index is 13.0. The molecule has 0 heterocycles. The summed E-state index contributed by atoms with van der Waals surface area (Å²) in [7, 11) is 0. The van der Waals surface area contributed by atoms with E-state index in [1.165, 1.54) is 19.1 Å². The number of anilines is 1. The molecule has 0 bridgehead atoms. The Morgan fingerprint density at radius 1 is 1.21 bits per heavy atom. The van der Waals surface area contributed by atoms with Gasteiger partial charge in [0.2, 0.25) is 0 Å². The number of aryl methyl sites for hydroxylation is 1. The molecule has 0 spiro atoms. The molecular formula is C18H17ClFNO3. The Labute approximate surface area is 144 Å². The molecule has 1 amide bonds. The van der Waals surface area contributed by atoms with Gasteiger partial charge < -0.3 is 10.1 Å². The van der Waals surface area contributed by atoms with Crippen LogP contribution >= 0.6 is 11.6 Å². The van der Waals surface area contributed by atoms with E-state index in [0.29, 0.717) is 5.56 Å². The number of nitrogens with one attached hydrogen (secondary N) is 1. The molecule has 0 fully saturated rings. The number of amides is 1. The van der Waals surface area contributed by atoms with Crippen molar-refractivity contribution < 1.29 is 18.7 Å². The van der Waals surface area contributed by atoms with Gasteiger partial charge in [-0.05, 0) is 56.2 Å². The summed E-state index contributed by atoms with van der Waals surface area (Å²) in [6, 6.07) is 8.89. The lowest BCUT2D eigenvalue weighted by atomic mass is 10.0. The average molecular weight is 350 g/mol. The molecule has 6 heteroatoms. The van der Waals surface area contributed by atoms with Gasteiger partial charge in [-0.15, -0.1) is 0 Å². The molecular weight excluding hydrogens is 333 g/mol. The summed E-state index contributed by atoms with van der Waals surface area (Å²) in [5, 5.41) is 2.57. The van der Waals surface area contributed by atoms with Gasteiger partial charge in [0.15, 0.2) is 6.10 Å². The zero-order chi connectivity index (χ0) is 17.9. The number of benzene rings is 2. The van der Waals surface area contributed by atoms with Crippen molar-refractivity contribution in [3.8, 4) is 0 Å². The van der Waals surface area contributed by atoms with E-state index in [1.807, 2.05) is 19.9 Å². The van der Waals surface area contributed by atoms with Gasteiger partial charge in [-0.25, -0.2) is 9.18 Å². The molecule has 0 saturated carbocycles. The summed E-state index contributed by atoms with van der Waals surface area (Å²) < 4.78 is 18.2. The summed E-state index contributed by atoms with van der Waals surface area (Å²) in [4.78, 5) is 24.3. The number of rotatable bonds is 4. The van der Waals surface area contributed by atoms with Gasteiger partial charge in [-0.2, -0.15) is 0 Å². The van der Waals surface area contributed by atoms with Gasteiger partial charge >= 0.3 is 5.97 Å². The minimum atomic E-state index is -1.03. The number of carbonyl (C=O) groups excluding carboxylic acids is 2. The Morgan fingerprint density at radius 2 is 1.92 bits per heavy atom. The molecule has 1 N–H and O–H groups in total. The van der Waals surface area contributed by atoms with Crippen molar-refractivity contribution in [2.75, 3.05) is 5.32 Å². The van der Waals surface area contributed by atoms with E-state index < -0.39 is 23.8 Å². The first-order chi connectivity index (χ1) is 11.3. The van der Waals surface area contributed by atoms with E-state index in [1.54, 1.807) is 12.1 Å². The van der Waals surface area contributed by atoms with Crippen LogP contribution in [-0.4, -0.2) is 18.0 Å². The van der Waals surface area contributed by atoms with Crippen LogP contribution in [0.4, 0.5) is 10.1 Å². The first-order valence-corrected chi connectivity index (χ1v) is 7.70. The second kappa shape index (κ2) is 7.45. The van der Waals surface area contributed by atoms with Crippen LogP contribution in [0.5, 0.6) is 0 Å². The second-order valence-corrected chi connectivity index (χ2v) is 5.82. The number of halogens is 2. The largest absolute Gasteiger partial charge is 0.449 e. The number of carbonyl (C=O) groups is 2. The quantitative estimate of drug-likeness (QED) is 0.838. The Hall–Kier alpha value is -2.40. The van der Waals surface area contributed by atoms with Gasteiger partial charge in [0, 0.05) is 0 Å². The van der Waals surface area contributed by atoms with Crippen LogP contribution in [0, 0.1) is 19.7 Å². The maximum Gasteiger partial charge on any atom is 0.339 e. The van der Waals surface area contributed by atoms with Crippen LogP contribution < -0.4 is 5.32 Å². The van der Waals surface area contributed by atoms with Crippen molar-refractivity contribution in [3.05, 3.63) is 63.9 Å². The molecule has 0 unspecified atom stereocenters. The normalized spacial score (nSPS) is 11.7. The van der Waals surface area contributed by atoms with E-state index >= 15 is 0 Å². The molecule has 0 radical (unpaired) electrons. The van der Waals surface area contributed by atoms with Gasteiger partial charge in [0.1, 0.15) is 5.82 Å². The van der Waals surface area contributed by atoms with Gasteiger partial charge in [0.25, 0.3) is 5.91 Å². The second-order valence-electron chi connectivity index (χ2n) is 5.41. The fraction of sp³-hybridized carbons (Fsp3) is 0.222. The summed E-state index contributed by atoms with van der Waals surface area (Å²) in [6.07, 6.45) is -1.03. The van der Waals surface area contributed by atoms with Gasteiger partial charge in [-0.1, -0.05) is 23.7 Å². The van der Waals surface area contributed by atoms with Crippen molar-refractivity contribution in [2.24, 2.45) is 0 Å². The molecule has 24 heavy (non-hydrogen) atoms. The highest BCUT2D eigenvalue weighted by Gasteiger charge is 2.21. The van der Waals surface area contributed by atoms with Gasteiger partial charge in [0.05, 0.1) is 16.3 Å². The number of hydrogen-bond acceptors (Lipinski definition) is 3. The summed E-state index contributed by atoms with van der Waals surface area (Å²) in [5.41, 5.74) is 2.42. The van der Waals surface area contributed by atoms with Crippen LogP contribution in [0.3, 0.4) is 0 Å². The summed E-state index contributed by atoms with van der Waals surface area (Å²) in [5.74, 6) is -1.64. The first-order valence-electron chi connectivity index (χ1n) is 7.32. The van der Waals surface area contributed by atoms with Crippen molar-refractivity contribution in [1.82, 2.24) is 0 Å². The van der Waals surface area contributed by atoms with Crippen LogP contribution in [0.15, 0.2) is 36.4 Å². The monoisotopic (exact) mass is 349 g/mol. The smallest absolute Gasteiger partial charge is 0.339 e. The van der Waals surface area contributed by atoms with Crippen molar-refractivity contribution >= 4 is 29.2 Å². The Morgan fingerprint density at radius 3 is 2.58 bits per heavy atom. The standard InChI is InChI=1S/C18H17ClFNO3/c1-10-5-4-6-14(11(10)2)18(23)24-12(3)17(22)21-16-8-7-13(20)9-15(16)19/h4-9,12H,1-3H3,(H,21,22)/t12-/m0/s1. The summed E-state index contributed by atoms with van der Waals surface area (Å²) in [6.45, 7) is 5.16. The Kier molecular flexibility index (Phi) is 5.57. The minimum absolute atomic E-state index is 0.0661. The van der Waals surface area contributed by atoms with E-state index in [-0.39, 0.29) is 10.7 Å². The predicted octanol–water partition coefficient (Wildman–Crippen LogP) is 4.28. The third kappa shape index (κ3) is 4.11. The van der Waals surface area contributed by atoms with E-state index in [4.69, 9.17) is 16.3 Å². The fourth-order valence-electron chi connectivity index (χ4n) is 2.08. The number of hydrogen-bond donors (Lipinski definition) is 1. The predicted molar refractivity (Wildman–Crippen MR) is 90.8 cm³/mol. The average Bonchev–Trinajstić information content (AvgIpc) is 2.52. The van der Waals surface area contributed by atoms with E-state index in [2.05, 4.69) is 5.32 Å². The molecule has 0 aliphatic rings. The number of esters is 1. The third-order valence-electron chi connectivity index (χ3n) is 3.67. The highest BCUT2D eigenvalue weighted by Crippen LogP contribution is 2.23. The molecule has 0 saturated heterocycles. The molecule has 2 aromatic carbocycles. The Bertz CT molecular complexity index is 792. The zero-order valence-electron chi connectivity index (χ0n) is 13.5. The van der Waals surface area contributed by atoms with Crippen LogP contribution in [0.25, 0.3) is 0 Å². The molecule has 2 rings (SSSR count). The van der Waals surface area contributed by atoms with Crippen LogP contribution in [0.1, 0.15) is 28.4 Å². The van der Waals surface area contributed by atoms with E-state index in [9.17, 15) is 14.0 Å². The molecule has 0 aliphatic heterocycles. The topological polar surface area (TPSA) is 55.4 Å².